The SMILES string of the molecule is N#Cc1c(NC(=O)CSc2nnc(-c3ccc(Br)cc3)c(-c3ccc(Br)cc3)n2)sc2c1CCCC2. The van der Waals surface area contributed by atoms with E-state index in [9.17, 15) is 10.1 Å². The second-order valence-corrected chi connectivity index (χ2v) is 12.0. The number of carbonyl (C=O) groups is 1. The fourth-order valence-corrected chi connectivity index (χ4v) is 6.42. The summed E-state index contributed by atoms with van der Waals surface area (Å²) in [4.78, 5) is 18.7. The van der Waals surface area contributed by atoms with Crippen molar-refractivity contribution in [1.29, 1.82) is 5.26 Å². The van der Waals surface area contributed by atoms with Gasteiger partial charge < -0.3 is 5.32 Å². The normalized spacial score (nSPS) is 12.6. The zero-order valence-corrected chi connectivity index (χ0v) is 23.7. The summed E-state index contributed by atoms with van der Waals surface area (Å²) in [6.45, 7) is 0. The summed E-state index contributed by atoms with van der Waals surface area (Å²) in [5.41, 5.74) is 4.88. The van der Waals surface area contributed by atoms with Crippen LogP contribution in [-0.2, 0) is 17.6 Å². The highest BCUT2D eigenvalue weighted by Gasteiger charge is 2.22. The second-order valence-electron chi connectivity index (χ2n) is 8.17. The first kappa shape index (κ1) is 25.1. The maximum Gasteiger partial charge on any atom is 0.235 e. The summed E-state index contributed by atoms with van der Waals surface area (Å²) < 4.78 is 1.94. The summed E-state index contributed by atoms with van der Waals surface area (Å²) in [7, 11) is 0. The number of hydrogen-bond acceptors (Lipinski definition) is 7. The number of nitrogens with zero attached hydrogens (tertiary/aromatic N) is 4. The van der Waals surface area contributed by atoms with Crippen LogP contribution in [0.2, 0.25) is 0 Å². The number of carbonyl (C=O) groups excluding carboxylic acids is 1. The monoisotopic (exact) mass is 639 g/mol. The van der Waals surface area contributed by atoms with Gasteiger partial charge in [-0.25, -0.2) is 4.98 Å². The first-order chi connectivity index (χ1) is 17.5. The molecule has 5 rings (SSSR count). The number of hydrogen-bond donors (Lipinski definition) is 1. The Morgan fingerprint density at radius 1 is 0.972 bits per heavy atom. The van der Waals surface area contributed by atoms with Gasteiger partial charge in [-0.15, -0.1) is 21.5 Å². The third kappa shape index (κ3) is 5.54. The van der Waals surface area contributed by atoms with Crippen molar-refractivity contribution in [2.75, 3.05) is 11.1 Å². The maximum atomic E-state index is 12.8. The van der Waals surface area contributed by atoms with Gasteiger partial charge in [-0.2, -0.15) is 5.26 Å². The molecule has 0 bridgehead atoms. The lowest BCUT2D eigenvalue weighted by Gasteiger charge is -2.10. The van der Waals surface area contributed by atoms with Crippen LogP contribution in [-0.4, -0.2) is 26.8 Å². The average molecular weight is 641 g/mol. The summed E-state index contributed by atoms with van der Waals surface area (Å²) in [6.07, 6.45) is 4.09. The summed E-state index contributed by atoms with van der Waals surface area (Å²) in [5, 5.41) is 22.4. The van der Waals surface area contributed by atoms with Crippen molar-refractivity contribution in [3.05, 3.63) is 73.5 Å². The molecule has 0 radical (unpaired) electrons. The van der Waals surface area contributed by atoms with Crippen LogP contribution >= 0.6 is 55.0 Å². The maximum absolute atomic E-state index is 12.8. The topological polar surface area (TPSA) is 91.6 Å². The molecule has 2 aromatic carbocycles. The van der Waals surface area contributed by atoms with E-state index in [2.05, 4.69) is 53.4 Å². The van der Waals surface area contributed by atoms with Gasteiger partial charge in [0.15, 0.2) is 0 Å². The molecule has 0 unspecified atom stereocenters. The van der Waals surface area contributed by atoms with E-state index in [1.54, 1.807) is 0 Å². The average Bonchev–Trinajstić information content (AvgIpc) is 3.25. The molecule has 0 spiro atoms. The van der Waals surface area contributed by atoms with E-state index >= 15 is 0 Å². The molecule has 2 heterocycles. The van der Waals surface area contributed by atoms with E-state index in [4.69, 9.17) is 4.98 Å². The molecule has 6 nitrogen and oxygen atoms in total. The number of thioether (sulfide) groups is 1. The van der Waals surface area contributed by atoms with Crippen LogP contribution in [0.4, 0.5) is 5.00 Å². The minimum Gasteiger partial charge on any atom is -0.316 e. The van der Waals surface area contributed by atoms with Crippen molar-refractivity contribution in [3.8, 4) is 28.6 Å². The molecule has 180 valence electrons. The summed E-state index contributed by atoms with van der Waals surface area (Å²) in [6, 6.07) is 18.0. The molecule has 4 aromatic rings. The van der Waals surface area contributed by atoms with E-state index in [1.165, 1.54) is 28.0 Å². The Balaban J connectivity index is 1.37. The van der Waals surface area contributed by atoms with Gasteiger partial charge in [0, 0.05) is 24.9 Å². The van der Waals surface area contributed by atoms with Crippen LogP contribution in [0.15, 0.2) is 62.6 Å². The predicted octanol–water partition coefficient (Wildman–Crippen LogP) is 7.27. The van der Waals surface area contributed by atoms with Gasteiger partial charge in [0.25, 0.3) is 0 Å². The Morgan fingerprint density at radius 2 is 1.61 bits per heavy atom. The number of nitrogens with one attached hydrogen (secondary N) is 1. The molecule has 0 saturated heterocycles. The number of aromatic nitrogens is 3. The first-order valence-electron chi connectivity index (χ1n) is 11.3. The van der Waals surface area contributed by atoms with Gasteiger partial charge in [-0.3, -0.25) is 4.79 Å². The van der Waals surface area contributed by atoms with Gasteiger partial charge in [0.05, 0.1) is 11.3 Å². The van der Waals surface area contributed by atoms with Gasteiger partial charge in [0.2, 0.25) is 11.1 Å². The molecule has 0 saturated carbocycles. The Bertz CT molecular complexity index is 1460. The lowest BCUT2D eigenvalue weighted by Crippen LogP contribution is -2.14. The highest BCUT2D eigenvalue weighted by Crippen LogP contribution is 2.38. The molecule has 1 N–H and O–H groups in total. The van der Waals surface area contributed by atoms with Crippen LogP contribution < -0.4 is 5.32 Å². The number of benzene rings is 2. The van der Waals surface area contributed by atoms with E-state index < -0.39 is 0 Å². The Labute approximate surface area is 233 Å². The summed E-state index contributed by atoms with van der Waals surface area (Å²) in [5.74, 6) is -0.0761. The van der Waals surface area contributed by atoms with E-state index in [1.807, 2.05) is 48.5 Å². The van der Waals surface area contributed by atoms with Crippen LogP contribution in [0.25, 0.3) is 22.5 Å². The lowest BCUT2D eigenvalue weighted by molar-refractivity contribution is -0.113. The number of thiophene rings is 1. The van der Waals surface area contributed by atoms with E-state index in [0.29, 0.717) is 27.1 Å². The Hall–Kier alpha value is -2.58. The number of anilines is 1. The number of rotatable bonds is 6. The smallest absolute Gasteiger partial charge is 0.235 e. The van der Waals surface area contributed by atoms with Gasteiger partial charge >= 0.3 is 0 Å². The number of halogens is 2. The lowest BCUT2D eigenvalue weighted by atomic mass is 9.96. The predicted molar refractivity (Wildman–Crippen MR) is 151 cm³/mol. The fourth-order valence-electron chi connectivity index (χ4n) is 4.05. The zero-order chi connectivity index (χ0) is 25.1. The molecule has 0 atom stereocenters. The minimum atomic E-state index is -0.194. The van der Waals surface area contributed by atoms with Crippen molar-refractivity contribution >= 4 is 65.9 Å². The highest BCUT2D eigenvalue weighted by molar-refractivity contribution is 9.10. The largest absolute Gasteiger partial charge is 0.316 e. The van der Waals surface area contributed by atoms with E-state index in [-0.39, 0.29) is 11.7 Å². The number of nitriles is 1. The second kappa shape index (κ2) is 11.2. The number of fused-ring (bicyclic) bond motifs is 1. The number of aryl methyl sites for hydroxylation is 1. The standard InChI is InChI=1S/C26H19Br2N5OS2/c27-17-9-5-15(6-10-17)23-24(16-7-11-18(28)12-8-16)32-33-26(31-23)35-14-22(34)30-25-20(13-29)19-3-1-2-4-21(19)36-25/h5-12H,1-4,14H2,(H,30,34). The van der Waals surface area contributed by atoms with Gasteiger partial charge in [-0.05, 0) is 55.5 Å². The number of amides is 1. The molecule has 1 amide bonds. The summed E-state index contributed by atoms with van der Waals surface area (Å²) >= 11 is 9.69. The molecule has 1 aliphatic carbocycles. The van der Waals surface area contributed by atoms with Gasteiger partial charge in [0.1, 0.15) is 22.5 Å². The van der Waals surface area contributed by atoms with Crippen molar-refractivity contribution in [1.82, 2.24) is 15.2 Å². The molecule has 0 fully saturated rings. The fraction of sp³-hybridized carbons (Fsp3) is 0.192. The van der Waals surface area contributed by atoms with Crippen molar-refractivity contribution < 1.29 is 4.79 Å². The first-order valence-corrected chi connectivity index (χ1v) is 14.6. The van der Waals surface area contributed by atoms with Crippen molar-refractivity contribution in [2.45, 2.75) is 30.8 Å². The molecule has 2 aromatic heterocycles. The molecule has 0 aliphatic heterocycles. The zero-order valence-electron chi connectivity index (χ0n) is 18.9. The minimum absolute atomic E-state index is 0.118. The van der Waals surface area contributed by atoms with Crippen LogP contribution in [0.3, 0.4) is 0 Å². The molecule has 1 aliphatic rings. The molecule has 10 heteroatoms. The van der Waals surface area contributed by atoms with Crippen molar-refractivity contribution in [3.63, 3.8) is 0 Å². The molecular formula is C26H19Br2N5OS2. The Kier molecular flexibility index (Phi) is 7.82. The van der Waals surface area contributed by atoms with Crippen molar-refractivity contribution in [2.24, 2.45) is 0 Å². The van der Waals surface area contributed by atoms with E-state index in [0.717, 1.165) is 51.3 Å². The van der Waals surface area contributed by atoms with Crippen LogP contribution in [0, 0.1) is 11.3 Å². The van der Waals surface area contributed by atoms with Gasteiger partial charge in [-0.1, -0.05) is 67.9 Å². The highest BCUT2D eigenvalue weighted by atomic mass is 79.9. The van der Waals surface area contributed by atoms with Crippen LogP contribution in [0.1, 0.15) is 28.8 Å². The van der Waals surface area contributed by atoms with Crippen LogP contribution in [0.5, 0.6) is 0 Å². The third-order valence-electron chi connectivity index (χ3n) is 5.77. The Morgan fingerprint density at radius 3 is 2.28 bits per heavy atom. The molecule has 36 heavy (non-hydrogen) atoms. The quantitative estimate of drug-likeness (QED) is 0.223. The third-order valence-corrected chi connectivity index (χ3v) is 8.87. The molecular weight excluding hydrogens is 622 g/mol.